The lowest BCUT2D eigenvalue weighted by Crippen LogP contribution is -2.48. The lowest BCUT2D eigenvalue weighted by molar-refractivity contribution is -0.138. The number of amides is 1. The average molecular weight is 445 g/mol. The highest BCUT2D eigenvalue weighted by Crippen LogP contribution is 2.37. The molecule has 4 heterocycles. The number of rotatable bonds is 3. The number of benzene rings is 2. The molecule has 2 aromatic heterocycles. The van der Waals surface area contributed by atoms with Crippen LogP contribution in [0.25, 0.3) is 22.2 Å². The number of nitrogens with one attached hydrogen (secondary N) is 3. The van der Waals surface area contributed by atoms with Gasteiger partial charge in [-0.1, -0.05) is 18.2 Å². The lowest BCUT2D eigenvalue weighted by Gasteiger charge is -2.35. The minimum Gasteiger partial charge on any atom is -0.378 e. The zero-order valence-electron chi connectivity index (χ0n) is 18.0. The number of aromatic nitrogens is 3. The minimum atomic E-state index is -0.497. The van der Waals surface area contributed by atoms with Crippen LogP contribution in [0.3, 0.4) is 0 Å². The molecule has 33 heavy (non-hydrogen) atoms. The van der Waals surface area contributed by atoms with Gasteiger partial charge in [-0.2, -0.15) is 0 Å². The number of fused-ring (bicyclic) bond motifs is 3. The number of hydrogen-bond donors (Lipinski definition) is 3. The first kappa shape index (κ1) is 20.1. The highest BCUT2D eigenvalue weighted by Gasteiger charge is 2.37. The molecule has 0 spiro atoms. The number of morpholine rings is 1. The molecule has 7 nitrogen and oxygen atoms in total. The first-order valence-electron chi connectivity index (χ1n) is 11.2. The van der Waals surface area contributed by atoms with Crippen molar-refractivity contribution >= 4 is 16.8 Å². The van der Waals surface area contributed by atoms with E-state index in [1.807, 2.05) is 29.3 Å². The molecule has 2 aromatic carbocycles. The van der Waals surface area contributed by atoms with Crippen LogP contribution in [0.5, 0.6) is 0 Å². The quantitative estimate of drug-likeness (QED) is 0.451. The molecule has 0 radical (unpaired) electrons. The van der Waals surface area contributed by atoms with Gasteiger partial charge < -0.3 is 19.6 Å². The molecule has 0 bridgehead atoms. The standard InChI is InChI=1S/C25H24FN5O2/c26-16-7-5-15(6-8-16)21-14-27-24(30-21)20-13-18-17-3-1-2-4-19(17)28-22(18)23(29-20)25(32)31-9-11-33-12-10-31/h1-8,14,20,23,28-29H,9-13H2,(H,27,30)/t20-,23?/m1/s1. The van der Waals surface area contributed by atoms with E-state index in [0.717, 1.165) is 39.2 Å². The SMILES string of the molecule is O=C(C1N[C@@H](c2nc(-c3ccc(F)cc3)c[nH]2)Cc2c1[nH]c1ccccc21)N1CCOCC1. The molecular formula is C25H24FN5O2. The van der Waals surface area contributed by atoms with Gasteiger partial charge in [0, 0.05) is 41.4 Å². The number of ether oxygens (including phenoxy) is 1. The Hall–Kier alpha value is -3.49. The number of H-pyrrole nitrogens is 2. The molecule has 1 amide bonds. The maximum absolute atomic E-state index is 13.5. The highest BCUT2D eigenvalue weighted by molar-refractivity contribution is 5.90. The summed E-state index contributed by atoms with van der Waals surface area (Å²) in [6, 6.07) is 13.8. The van der Waals surface area contributed by atoms with Crippen LogP contribution >= 0.6 is 0 Å². The van der Waals surface area contributed by atoms with Crippen LogP contribution in [0.1, 0.15) is 29.2 Å². The normalized spacial score (nSPS) is 20.7. The fraction of sp³-hybridized carbons (Fsp3) is 0.280. The van der Waals surface area contributed by atoms with E-state index in [4.69, 9.17) is 9.72 Å². The average Bonchev–Trinajstić information content (AvgIpc) is 3.49. The van der Waals surface area contributed by atoms with Crippen molar-refractivity contribution in [1.82, 2.24) is 25.2 Å². The summed E-state index contributed by atoms with van der Waals surface area (Å²) in [6.45, 7) is 2.29. The van der Waals surface area contributed by atoms with Crippen molar-refractivity contribution in [2.24, 2.45) is 0 Å². The number of halogens is 1. The highest BCUT2D eigenvalue weighted by atomic mass is 19.1. The van der Waals surface area contributed by atoms with Gasteiger partial charge in [-0.05, 0) is 42.3 Å². The topological polar surface area (TPSA) is 86.0 Å². The summed E-state index contributed by atoms with van der Waals surface area (Å²) in [5.41, 5.74) is 4.67. The third-order valence-electron chi connectivity index (χ3n) is 6.55. The number of hydrogen-bond acceptors (Lipinski definition) is 4. The van der Waals surface area contributed by atoms with Gasteiger partial charge in [-0.3, -0.25) is 10.1 Å². The third-order valence-corrected chi connectivity index (χ3v) is 6.55. The zero-order chi connectivity index (χ0) is 22.4. The molecule has 6 rings (SSSR count). The van der Waals surface area contributed by atoms with E-state index in [1.54, 1.807) is 12.1 Å². The van der Waals surface area contributed by atoms with Crippen LogP contribution < -0.4 is 5.32 Å². The number of nitrogens with zero attached hydrogens (tertiary/aromatic N) is 2. The predicted octanol–water partition coefficient (Wildman–Crippen LogP) is 3.48. The fourth-order valence-electron chi connectivity index (χ4n) is 4.86. The lowest BCUT2D eigenvalue weighted by atomic mass is 9.92. The van der Waals surface area contributed by atoms with Crippen molar-refractivity contribution in [2.45, 2.75) is 18.5 Å². The van der Waals surface area contributed by atoms with Crippen molar-refractivity contribution in [3.63, 3.8) is 0 Å². The second kappa shape index (κ2) is 8.13. The Kier molecular flexibility index (Phi) is 4.96. The number of aromatic amines is 2. The molecule has 4 aromatic rings. The zero-order valence-corrected chi connectivity index (χ0v) is 18.0. The van der Waals surface area contributed by atoms with Gasteiger partial charge in [0.05, 0.1) is 24.9 Å². The first-order chi connectivity index (χ1) is 16.2. The second-order valence-electron chi connectivity index (χ2n) is 8.53. The molecule has 1 fully saturated rings. The van der Waals surface area contributed by atoms with E-state index in [-0.39, 0.29) is 17.8 Å². The summed E-state index contributed by atoms with van der Waals surface area (Å²) in [5.74, 6) is 0.519. The Bertz CT molecular complexity index is 1310. The predicted molar refractivity (Wildman–Crippen MR) is 122 cm³/mol. The molecule has 8 heteroatoms. The number of carbonyl (C=O) groups is 1. The van der Waals surface area contributed by atoms with E-state index in [1.165, 1.54) is 12.1 Å². The van der Waals surface area contributed by atoms with Gasteiger partial charge in [0.1, 0.15) is 17.7 Å². The molecule has 0 saturated carbocycles. The van der Waals surface area contributed by atoms with Gasteiger partial charge in [0.15, 0.2) is 0 Å². The third kappa shape index (κ3) is 3.61. The van der Waals surface area contributed by atoms with Crippen LogP contribution in [0.4, 0.5) is 4.39 Å². The monoisotopic (exact) mass is 445 g/mol. The summed E-state index contributed by atoms with van der Waals surface area (Å²) in [7, 11) is 0. The van der Waals surface area contributed by atoms with E-state index in [2.05, 4.69) is 21.4 Å². The number of imidazole rings is 1. The molecular weight excluding hydrogens is 421 g/mol. The first-order valence-corrected chi connectivity index (χ1v) is 11.2. The van der Waals surface area contributed by atoms with E-state index in [0.29, 0.717) is 32.7 Å². The minimum absolute atomic E-state index is 0.0427. The Morgan fingerprint density at radius 2 is 1.88 bits per heavy atom. The van der Waals surface area contributed by atoms with Crippen LogP contribution in [0.2, 0.25) is 0 Å². The van der Waals surface area contributed by atoms with E-state index < -0.39 is 6.04 Å². The largest absolute Gasteiger partial charge is 0.378 e. The molecule has 2 aliphatic rings. The molecule has 3 N–H and O–H groups in total. The molecule has 0 aliphatic carbocycles. The Morgan fingerprint density at radius 3 is 2.70 bits per heavy atom. The van der Waals surface area contributed by atoms with Crippen molar-refractivity contribution in [2.75, 3.05) is 26.3 Å². The van der Waals surface area contributed by atoms with Gasteiger partial charge in [-0.15, -0.1) is 0 Å². The van der Waals surface area contributed by atoms with Crippen molar-refractivity contribution < 1.29 is 13.9 Å². The fourth-order valence-corrected chi connectivity index (χ4v) is 4.86. The number of carbonyl (C=O) groups excluding carboxylic acids is 1. The number of para-hydroxylation sites is 1. The molecule has 2 atom stereocenters. The van der Waals surface area contributed by atoms with Gasteiger partial charge >= 0.3 is 0 Å². The Balaban J connectivity index is 1.37. The Morgan fingerprint density at radius 1 is 1.09 bits per heavy atom. The summed E-state index contributed by atoms with van der Waals surface area (Å²) < 4.78 is 18.8. The van der Waals surface area contributed by atoms with E-state index >= 15 is 0 Å². The van der Waals surface area contributed by atoms with E-state index in [9.17, 15) is 9.18 Å². The van der Waals surface area contributed by atoms with Crippen LogP contribution in [0.15, 0.2) is 54.7 Å². The summed E-state index contributed by atoms with van der Waals surface area (Å²) >= 11 is 0. The maximum Gasteiger partial charge on any atom is 0.246 e. The molecule has 2 aliphatic heterocycles. The van der Waals surface area contributed by atoms with Crippen molar-refractivity contribution in [1.29, 1.82) is 0 Å². The summed E-state index contributed by atoms with van der Waals surface area (Å²) in [5, 5.41) is 4.67. The molecule has 168 valence electrons. The maximum atomic E-state index is 13.5. The summed E-state index contributed by atoms with van der Waals surface area (Å²) in [6.07, 6.45) is 2.52. The van der Waals surface area contributed by atoms with Gasteiger partial charge in [0.25, 0.3) is 0 Å². The van der Waals surface area contributed by atoms with Crippen LogP contribution in [0, 0.1) is 5.82 Å². The van der Waals surface area contributed by atoms with Crippen LogP contribution in [-0.2, 0) is 16.0 Å². The Labute approximate surface area is 190 Å². The van der Waals surface area contributed by atoms with Crippen molar-refractivity contribution in [3.05, 3.63) is 77.6 Å². The molecule has 1 unspecified atom stereocenters. The van der Waals surface area contributed by atoms with Crippen LogP contribution in [-0.4, -0.2) is 52.1 Å². The van der Waals surface area contributed by atoms with Crippen molar-refractivity contribution in [3.8, 4) is 11.3 Å². The smallest absolute Gasteiger partial charge is 0.246 e. The summed E-state index contributed by atoms with van der Waals surface area (Å²) in [4.78, 5) is 27.0. The second-order valence-corrected chi connectivity index (χ2v) is 8.53. The molecule has 1 saturated heterocycles. The van der Waals surface area contributed by atoms with Gasteiger partial charge in [-0.25, -0.2) is 9.37 Å². The van der Waals surface area contributed by atoms with Gasteiger partial charge in [0.2, 0.25) is 5.91 Å².